The van der Waals surface area contributed by atoms with Gasteiger partial charge in [-0.1, -0.05) is 23.9 Å². The highest BCUT2D eigenvalue weighted by Gasteiger charge is 2.22. The van der Waals surface area contributed by atoms with Gasteiger partial charge in [0.1, 0.15) is 11.6 Å². The molecule has 8 heteroatoms. The van der Waals surface area contributed by atoms with Crippen molar-refractivity contribution in [3.63, 3.8) is 0 Å². The van der Waals surface area contributed by atoms with Crippen molar-refractivity contribution in [3.05, 3.63) is 65.7 Å². The Bertz CT molecular complexity index is 1000. The van der Waals surface area contributed by atoms with Crippen molar-refractivity contribution in [1.29, 1.82) is 0 Å². The van der Waals surface area contributed by atoms with E-state index in [1.807, 2.05) is 4.57 Å². The van der Waals surface area contributed by atoms with Crippen LogP contribution < -0.4 is 0 Å². The average molecular weight is 415 g/mol. The van der Waals surface area contributed by atoms with E-state index in [0.29, 0.717) is 23.1 Å². The summed E-state index contributed by atoms with van der Waals surface area (Å²) in [5, 5.41) is 9.08. The molecule has 1 aliphatic heterocycles. The predicted octanol–water partition coefficient (Wildman–Crippen LogP) is 4.38. The number of benzene rings is 2. The van der Waals surface area contributed by atoms with Crippen LogP contribution in [-0.2, 0) is 11.3 Å². The molecule has 1 fully saturated rings. The highest BCUT2D eigenvalue weighted by atomic mass is 32.2. The number of hydrogen-bond acceptors (Lipinski definition) is 5. The molecule has 29 heavy (non-hydrogen) atoms. The standard InChI is InChI=1S/C21H19F2N3O2S/c22-16-8-6-14(7-9-16)20-24-25-21(26(20)12-18-5-2-10-28-18)29-13-19(27)15-3-1-4-17(23)11-15/h1,3-4,6-9,11,18H,2,5,10,12-13H2/t18-/m1/s1. The Labute approximate surface area is 171 Å². The van der Waals surface area contributed by atoms with Crippen LogP contribution in [0.4, 0.5) is 8.78 Å². The van der Waals surface area contributed by atoms with Gasteiger partial charge in [-0.15, -0.1) is 10.2 Å². The van der Waals surface area contributed by atoms with Crippen LogP contribution in [0, 0.1) is 11.6 Å². The second-order valence-electron chi connectivity index (χ2n) is 6.78. The largest absolute Gasteiger partial charge is 0.376 e. The van der Waals surface area contributed by atoms with Crippen LogP contribution in [-0.4, -0.2) is 39.0 Å². The van der Waals surface area contributed by atoms with E-state index in [1.165, 1.54) is 42.1 Å². The number of Topliss-reactive ketones (excluding diaryl/α,β-unsaturated/α-hetero) is 1. The predicted molar refractivity (Wildman–Crippen MR) is 106 cm³/mol. The second-order valence-corrected chi connectivity index (χ2v) is 7.72. The lowest BCUT2D eigenvalue weighted by Gasteiger charge is -2.14. The molecule has 1 aromatic heterocycles. The van der Waals surface area contributed by atoms with Crippen LogP contribution >= 0.6 is 11.8 Å². The molecule has 150 valence electrons. The van der Waals surface area contributed by atoms with Crippen LogP contribution in [0.1, 0.15) is 23.2 Å². The Hall–Kier alpha value is -2.58. The number of ketones is 1. The summed E-state index contributed by atoms with van der Waals surface area (Å²) in [7, 11) is 0. The molecule has 1 atom stereocenters. The van der Waals surface area contributed by atoms with E-state index in [4.69, 9.17) is 4.74 Å². The van der Waals surface area contributed by atoms with Crippen molar-refractivity contribution >= 4 is 17.5 Å². The minimum atomic E-state index is -0.444. The third kappa shape index (κ3) is 4.71. The molecule has 2 heterocycles. The number of nitrogens with zero attached hydrogens (tertiary/aromatic N) is 3. The summed E-state index contributed by atoms with van der Waals surface area (Å²) < 4.78 is 34.3. The van der Waals surface area contributed by atoms with E-state index in [9.17, 15) is 13.6 Å². The zero-order valence-electron chi connectivity index (χ0n) is 15.6. The van der Waals surface area contributed by atoms with E-state index in [-0.39, 0.29) is 23.5 Å². The summed E-state index contributed by atoms with van der Waals surface area (Å²) in [5.74, 6) is -0.253. The quantitative estimate of drug-likeness (QED) is 0.424. The number of halogens is 2. The highest BCUT2D eigenvalue weighted by Crippen LogP contribution is 2.27. The molecule has 0 amide bonds. The molecule has 2 aromatic carbocycles. The third-order valence-corrected chi connectivity index (χ3v) is 5.68. The maximum absolute atomic E-state index is 13.4. The van der Waals surface area contributed by atoms with Crippen molar-refractivity contribution in [2.24, 2.45) is 0 Å². The summed E-state index contributed by atoms with van der Waals surface area (Å²) in [6.07, 6.45) is 1.98. The van der Waals surface area contributed by atoms with Crippen molar-refractivity contribution < 1.29 is 18.3 Å². The van der Waals surface area contributed by atoms with Gasteiger partial charge >= 0.3 is 0 Å². The van der Waals surface area contributed by atoms with Gasteiger partial charge in [0.2, 0.25) is 0 Å². The topological polar surface area (TPSA) is 57.0 Å². The number of thioether (sulfide) groups is 1. The summed E-state index contributed by atoms with van der Waals surface area (Å²) in [5.41, 5.74) is 1.06. The molecule has 0 N–H and O–H groups in total. The fourth-order valence-corrected chi connectivity index (χ4v) is 4.08. The van der Waals surface area contributed by atoms with Gasteiger partial charge in [-0.3, -0.25) is 9.36 Å². The van der Waals surface area contributed by atoms with E-state index < -0.39 is 5.82 Å². The number of carbonyl (C=O) groups excluding carboxylic acids is 1. The fourth-order valence-electron chi connectivity index (χ4n) is 3.24. The number of rotatable bonds is 7. The van der Waals surface area contributed by atoms with Crippen molar-refractivity contribution in [1.82, 2.24) is 14.8 Å². The van der Waals surface area contributed by atoms with Gasteiger partial charge in [0.15, 0.2) is 16.8 Å². The highest BCUT2D eigenvalue weighted by molar-refractivity contribution is 7.99. The smallest absolute Gasteiger partial charge is 0.192 e. The lowest BCUT2D eigenvalue weighted by molar-refractivity contribution is 0.0953. The number of hydrogen-bond donors (Lipinski definition) is 0. The molecule has 3 aromatic rings. The first kappa shape index (κ1) is 19.7. The van der Waals surface area contributed by atoms with E-state index in [1.54, 1.807) is 18.2 Å². The van der Waals surface area contributed by atoms with Gasteiger partial charge in [-0.25, -0.2) is 8.78 Å². The number of carbonyl (C=O) groups is 1. The van der Waals surface area contributed by atoms with Crippen LogP contribution in [0.3, 0.4) is 0 Å². The van der Waals surface area contributed by atoms with Crippen LogP contribution in [0.15, 0.2) is 53.7 Å². The second kappa shape index (κ2) is 8.84. The molecular formula is C21H19F2N3O2S. The molecule has 0 saturated carbocycles. The molecule has 4 rings (SSSR count). The zero-order chi connectivity index (χ0) is 20.2. The normalized spacial score (nSPS) is 16.3. The Balaban J connectivity index is 1.56. The maximum atomic E-state index is 13.4. The van der Waals surface area contributed by atoms with E-state index >= 15 is 0 Å². The molecular weight excluding hydrogens is 396 g/mol. The monoisotopic (exact) mass is 415 g/mol. The molecule has 1 saturated heterocycles. The number of aromatic nitrogens is 3. The Morgan fingerprint density at radius 3 is 2.69 bits per heavy atom. The minimum absolute atomic E-state index is 0.0449. The first-order valence-electron chi connectivity index (χ1n) is 9.32. The summed E-state index contributed by atoms with van der Waals surface area (Å²) in [6, 6.07) is 11.7. The van der Waals surface area contributed by atoms with Crippen LogP contribution in [0.5, 0.6) is 0 Å². The van der Waals surface area contributed by atoms with Gasteiger partial charge in [-0.05, 0) is 49.2 Å². The maximum Gasteiger partial charge on any atom is 0.192 e. The molecule has 0 aliphatic carbocycles. The van der Waals surface area contributed by atoms with Gasteiger partial charge in [-0.2, -0.15) is 0 Å². The van der Waals surface area contributed by atoms with Crippen molar-refractivity contribution in [2.75, 3.05) is 12.4 Å². The molecule has 0 radical (unpaired) electrons. The lowest BCUT2D eigenvalue weighted by Crippen LogP contribution is -2.17. The molecule has 1 aliphatic rings. The summed E-state index contributed by atoms with van der Waals surface area (Å²) in [6.45, 7) is 1.27. The first-order valence-corrected chi connectivity index (χ1v) is 10.3. The van der Waals surface area contributed by atoms with E-state index in [0.717, 1.165) is 25.0 Å². The summed E-state index contributed by atoms with van der Waals surface area (Å²) in [4.78, 5) is 12.4. The van der Waals surface area contributed by atoms with Gasteiger partial charge in [0.05, 0.1) is 18.4 Å². The van der Waals surface area contributed by atoms with Crippen molar-refractivity contribution in [2.45, 2.75) is 30.6 Å². The first-order chi connectivity index (χ1) is 14.1. The van der Waals surface area contributed by atoms with Gasteiger partial charge in [0.25, 0.3) is 0 Å². The Morgan fingerprint density at radius 1 is 1.14 bits per heavy atom. The molecule has 0 unspecified atom stereocenters. The zero-order valence-corrected chi connectivity index (χ0v) is 16.4. The fraction of sp³-hybridized carbons (Fsp3) is 0.286. The average Bonchev–Trinajstić information content (AvgIpc) is 3.37. The SMILES string of the molecule is O=C(CSc1nnc(-c2ccc(F)cc2)n1C[C@H]1CCCO1)c1cccc(F)c1. The Morgan fingerprint density at radius 2 is 1.97 bits per heavy atom. The van der Waals surface area contributed by atoms with Gasteiger partial charge in [0, 0.05) is 17.7 Å². The molecule has 0 spiro atoms. The Kier molecular flexibility index (Phi) is 6.01. The molecule has 5 nitrogen and oxygen atoms in total. The third-order valence-electron chi connectivity index (χ3n) is 4.71. The summed E-state index contributed by atoms with van der Waals surface area (Å²) >= 11 is 1.25. The van der Waals surface area contributed by atoms with Gasteiger partial charge < -0.3 is 4.74 Å². The number of ether oxygens (including phenoxy) is 1. The minimum Gasteiger partial charge on any atom is -0.376 e. The van der Waals surface area contributed by atoms with Crippen LogP contribution in [0.25, 0.3) is 11.4 Å². The lowest BCUT2D eigenvalue weighted by atomic mass is 10.1. The van der Waals surface area contributed by atoms with E-state index in [2.05, 4.69) is 10.2 Å². The molecule has 0 bridgehead atoms. The van der Waals surface area contributed by atoms with Crippen molar-refractivity contribution in [3.8, 4) is 11.4 Å². The van der Waals surface area contributed by atoms with Crippen LogP contribution in [0.2, 0.25) is 0 Å².